The van der Waals surface area contributed by atoms with Crippen molar-refractivity contribution >= 4 is 5.78 Å². The van der Waals surface area contributed by atoms with Gasteiger partial charge in [-0.3, -0.25) is 9.69 Å². The summed E-state index contributed by atoms with van der Waals surface area (Å²) in [5.74, 6) is 0.809. The summed E-state index contributed by atoms with van der Waals surface area (Å²) in [5.41, 5.74) is 0. The number of piperidine rings is 1. The van der Waals surface area contributed by atoms with Crippen LogP contribution in [-0.2, 0) is 4.79 Å². The Morgan fingerprint density at radius 1 is 1.24 bits per heavy atom. The van der Waals surface area contributed by atoms with Crippen LogP contribution in [-0.4, -0.2) is 53.8 Å². The van der Waals surface area contributed by atoms with E-state index in [-0.39, 0.29) is 0 Å². The largest absolute Gasteiger partial charge is 0.301 e. The van der Waals surface area contributed by atoms with Gasteiger partial charge in [-0.05, 0) is 39.8 Å². The zero-order chi connectivity index (χ0) is 12.4. The molecular formula is C14H26N2O. The van der Waals surface area contributed by atoms with Gasteiger partial charge in [-0.1, -0.05) is 6.92 Å². The van der Waals surface area contributed by atoms with Gasteiger partial charge in [0.1, 0.15) is 5.78 Å². The first-order valence-corrected chi connectivity index (χ1v) is 7.12. The Bertz CT molecular complexity index is 263. The van der Waals surface area contributed by atoms with Crippen molar-refractivity contribution in [2.75, 3.05) is 26.2 Å². The lowest BCUT2D eigenvalue weighted by Crippen LogP contribution is -2.57. The summed E-state index contributed by atoms with van der Waals surface area (Å²) in [6.45, 7) is 11.0. The smallest absolute Gasteiger partial charge is 0.138 e. The Morgan fingerprint density at radius 2 is 1.82 bits per heavy atom. The van der Waals surface area contributed by atoms with Crippen LogP contribution in [0.5, 0.6) is 0 Å². The molecule has 0 amide bonds. The topological polar surface area (TPSA) is 23.6 Å². The van der Waals surface area contributed by atoms with Crippen LogP contribution in [0.2, 0.25) is 0 Å². The second-order valence-corrected chi connectivity index (χ2v) is 5.83. The molecule has 2 aliphatic rings. The van der Waals surface area contributed by atoms with Crippen LogP contribution in [0, 0.1) is 5.92 Å². The molecule has 0 atom stereocenters. The first-order chi connectivity index (χ1) is 8.11. The summed E-state index contributed by atoms with van der Waals surface area (Å²) in [5, 5.41) is 0. The van der Waals surface area contributed by atoms with E-state index in [1.807, 2.05) is 6.92 Å². The van der Waals surface area contributed by atoms with Gasteiger partial charge in [-0.2, -0.15) is 0 Å². The molecule has 0 unspecified atom stereocenters. The second kappa shape index (κ2) is 5.49. The molecule has 0 saturated carbocycles. The minimum Gasteiger partial charge on any atom is -0.301 e. The summed E-state index contributed by atoms with van der Waals surface area (Å²) in [6, 6.07) is 1.42. The number of rotatable bonds is 4. The van der Waals surface area contributed by atoms with Gasteiger partial charge >= 0.3 is 0 Å². The third-order valence-corrected chi connectivity index (χ3v) is 4.46. The Hall–Kier alpha value is -0.410. The first-order valence-electron chi connectivity index (χ1n) is 7.12. The predicted molar refractivity (Wildman–Crippen MR) is 70.1 cm³/mol. The van der Waals surface area contributed by atoms with E-state index in [0.717, 1.165) is 19.1 Å². The second-order valence-electron chi connectivity index (χ2n) is 5.83. The van der Waals surface area contributed by atoms with Gasteiger partial charge in [0.15, 0.2) is 0 Å². The lowest BCUT2D eigenvalue weighted by atomic mass is 9.89. The zero-order valence-electron chi connectivity index (χ0n) is 11.5. The summed E-state index contributed by atoms with van der Waals surface area (Å²) >= 11 is 0. The van der Waals surface area contributed by atoms with Crippen LogP contribution in [0.25, 0.3) is 0 Å². The molecule has 17 heavy (non-hydrogen) atoms. The number of nitrogens with zero attached hydrogens (tertiary/aromatic N) is 2. The quantitative estimate of drug-likeness (QED) is 0.746. The third-order valence-electron chi connectivity index (χ3n) is 4.46. The molecular weight excluding hydrogens is 212 g/mol. The minimum atomic E-state index is 0.350. The standard InChI is InChI=1S/C14H26N2O/c1-4-14(17)12-9-16(10-12)13-5-7-15(8-6-13)11(2)3/h11-13H,4-10H2,1-3H3. The van der Waals surface area contributed by atoms with E-state index in [4.69, 9.17) is 0 Å². The van der Waals surface area contributed by atoms with Gasteiger partial charge in [0.25, 0.3) is 0 Å². The van der Waals surface area contributed by atoms with Crippen molar-refractivity contribution in [2.24, 2.45) is 5.92 Å². The maximum absolute atomic E-state index is 11.5. The van der Waals surface area contributed by atoms with Crippen LogP contribution >= 0.6 is 0 Å². The molecule has 3 heteroatoms. The fourth-order valence-corrected chi connectivity index (χ4v) is 3.07. The molecule has 0 aromatic carbocycles. The molecule has 98 valence electrons. The number of Topliss-reactive ketones (excluding diaryl/α,β-unsaturated/α-hetero) is 1. The van der Waals surface area contributed by atoms with E-state index in [9.17, 15) is 4.79 Å². The highest BCUT2D eigenvalue weighted by Gasteiger charge is 2.36. The Morgan fingerprint density at radius 3 is 2.29 bits per heavy atom. The summed E-state index contributed by atoms with van der Waals surface area (Å²) in [6.07, 6.45) is 3.28. The Kier molecular flexibility index (Phi) is 4.21. The molecule has 3 nitrogen and oxygen atoms in total. The van der Waals surface area contributed by atoms with E-state index in [1.54, 1.807) is 0 Å². The number of hydrogen-bond acceptors (Lipinski definition) is 3. The van der Waals surface area contributed by atoms with Crippen LogP contribution in [0.4, 0.5) is 0 Å². The molecule has 2 fully saturated rings. The minimum absolute atomic E-state index is 0.350. The van der Waals surface area contributed by atoms with Crippen LogP contribution in [0.1, 0.15) is 40.0 Å². The van der Waals surface area contributed by atoms with Crippen LogP contribution < -0.4 is 0 Å². The van der Waals surface area contributed by atoms with E-state index < -0.39 is 0 Å². The van der Waals surface area contributed by atoms with E-state index in [0.29, 0.717) is 24.2 Å². The van der Waals surface area contributed by atoms with Crippen molar-refractivity contribution in [3.8, 4) is 0 Å². The lowest BCUT2D eigenvalue weighted by Gasteiger charge is -2.47. The maximum Gasteiger partial charge on any atom is 0.138 e. The average molecular weight is 238 g/mol. The number of ketones is 1. The molecule has 0 spiro atoms. The van der Waals surface area contributed by atoms with Crippen LogP contribution in [0.3, 0.4) is 0 Å². The highest BCUT2D eigenvalue weighted by molar-refractivity contribution is 5.81. The molecule has 0 aromatic heterocycles. The molecule has 2 heterocycles. The predicted octanol–water partition coefficient (Wildman–Crippen LogP) is 1.77. The number of hydrogen-bond donors (Lipinski definition) is 0. The highest BCUT2D eigenvalue weighted by atomic mass is 16.1. The molecule has 0 radical (unpaired) electrons. The molecule has 0 aliphatic carbocycles. The normalized spacial score (nSPS) is 25.2. The first kappa shape index (κ1) is 13.0. The van der Waals surface area contributed by atoms with Crippen LogP contribution in [0.15, 0.2) is 0 Å². The number of carbonyl (C=O) groups is 1. The fraction of sp³-hybridized carbons (Fsp3) is 0.929. The highest BCUT2D eigenvalue weighted by Crippen LogP contribution is 2.26. The Balaban J connectivity index is 1.71. The molecule has 0 aromatic rings. The van der Waals surface area contributed by atoms with Gasteiger partial charge in [-0.25, -0.2) is 0 Å². The third kappa shape index (κ3) is 2.89. The van der Waals surface area contributed by atoms with Crippen molar-refractivity contribution < 1.29 is 4.79 Å². The van der Waals surface area contributed by atoms with Gasteiger partial charge in [-0.15, -0.1) is 0 Å². The number of carbonyl (C=O) groups excluding carboxylic acids is 1. The van der Waals surface area contributed by atoms with Crippen molar-refractivity contribution in [3.63, 3.8) is 0 Å². The zero-order valence-corrected chi connectivity index (χ0v) is 11.5. The van der Waals surface area contributed by atoms with Gasteiger partial charge in [0.05, 0.1) is 0 Å². The van der Waals surface area contributed by atoms with Gasteiger partial charge < -0.3 is 4.90 Å². The van der Waals surface area contributed by atoms with Crippen molar-refractivity contribution in [1.29, 1.82) is 0 Å². The average Bonchev–Trinajstić information content (AvgIpc) is 2.27. The molecule has 0 N–H and O–H groups in total. The lowest BCUT2D eigenvalue weighted by molar-refractivity contribution is -0.129. The van der Waals surface area contributed by atoms with E-state index in [1.165, 1.54) is 25.9 Å². The summed E-state index contributed by atoms with van der Waals surface area (Å²) < 4.78 is 0. The monoisotopic (exact) mass is 238 g/mol. The SMILES string of the molecule is CCC(=O)C1CN(C2CCN(C(C)C)CC2)C1. The molecule has 2 aliphatic heterocycles. The summed E-state index contributed by atoms with van der Waals surface area (Å²) in [4.78, 5) is 16.6. The molecule has 2 rings (SSSR count). The van der Waals surface area contributed by atoms with Gasteiger partial charge in [0.2, 0.25) is 0 Å². The molecule has 2 saturated heterocycles. The Labute approximate surface area is 105 Å². The van der Waals surface area contributed by atoms with E-state index in [2.05, 4.69) is 23.6 Å². The van der Waals surface area contributed by atoms with Crippen molar-refractivity contribution in [2.45, 2.75) is 52.1 Å². The summed E-state index contributed by atoms with van der Waals surface area (Å²) in [7, 11) is 0. The van der Waals surface area contributed by atoms with Gasteiger partial charge in [0, 0.05) is 37.5 Å². The van der Waals surface area contributed by atoms with Crippen molar-refractivity contribution in [1.82, 2.24) is 9.80 Å². The van der Waals surface area contributed by atoms with Crippen molar-refractivity contribution in [3.05, 3.63) is 0 Å². The molecule has 0 bridgehead atoms. The number of likely N-dealkylation sites (tertiary alicyclic amines) is 2. The fourth-order valence-electron chi connectivity index (χ4n) is 3.07. The van der Waals surface area contributed by atoms with E-state index >= 15 is 0 Å². The maximum atomic E-state index is 11.5.